The summed E-state index contributed by atoms with van der Waals surface area (Å²) in [7, 11) is -3.61. The minimum absolute atomic E-state index is 0.0368. The van der Waals surface area contributed by atoms with Crippen molar-refractivity contribution in [3.8, 4) is 0 Å². The molecule has 1 N–H and O–H groups in total. The van der Waals surface area contributed by atoms with Gasteiger partial charge in [-0.05, 0) is 24.3 Å². The van der Waals surface area contributed by atoms with Crippen molar-refractivity contribution < 1.29 is 17.9 Å². The Hall–Kier alpha value is -1.70. The van der Waals surface area contributed by atoms with Gasteiger partial charge in [0.2, 0.25) is 10.0 Å². The van der Waals surface area contributed by atoms with E-state index in [0.29, 0.717) is 0 Å². The van der Waals surface area contributed by atoms with Crippen LogP contribution in [0.1, 0.15) is 22.8 Å². The monoisotopic (exact) mass is 397 g/mol. The Balaban J connectivity index is 2.13. The zero-order chi connectivity index (χ0) is 16.9. The fourth-order valence-electron chi connectivity index (χ4n) is 1.91. The summed E-state index contributed by atoms with van der Waals surface area (Å²) in [5.74, 6) is -0.575. The van der Waals surface area contributed by atoms with Crippen molar-refractivity contribution in [1.82, 2.24) is 4.72 Å². The smallest absolute Gasteiger partial charge is 0.338 e. The van der Waals surface area contributed by atoms with E-state index in [1.165, 1.54) is 24.3 Å². The van der Waals surface area contributed by atoms with Crippen LogP contribution in [-0.2, 0) is 21.4 Å². The first-order chi connectivity index (χ1) is 10.9. The Bertz CT molecular complexity index is 805. The average molecular weight is 398 g/mol. The molecule has 0 unspecified atom stereocenters. The van der Waals surface area contributed by atoms with Gasteiger partial charge in [-0.15, -0.1) is 0 Å². The second kappa shape index (κ2) is 7.72. The van der Waals surface area contributed by atoms with Crippen LogP contribution >= 0.6 is 15.9 Å². The van der Waals surface area contributed by atoms with Crippen molar-refractivity contribution in [3.05, 3.63) is 64.1 Å². The Morgan fingerprint density at radius 1 is 1.17 bits per heavy atom. The minimum Gasteiger partial charge on any atom is -0.457 e. The molecule has 23 heavy (non-hydrogen) atoms. The molecule has 0 spiro atoms. The van der Waals surface area contributed by atoms with Crippen LogP contribution in [0.15, 0.2) is 57.9 Å². The molecule has 0 aliphatic heterocycles. The molecular weight excluding hydrogens is 382 g/mol. The highest BCUT2D eigenvalue weighted by Crippen LogP contribution is 2.18. The number of ether oxygens (including phenoxy) is 1. The quantitative estimate of drug-likeness (QED) is 0.759. The van der Waals surface area contributed by atoms with E-state index in [-0.39, 0.29) is 23.6 Å². The fraction of sp³-hybridized carbons (Fsp3) is 0.188. The average Bonchev–Trinajstić information content (AvgIpc) is 2.54. The maximum atomic E-state index is 12.1. The highest BCUT2D eigenvalue weighted by molar-refractivity contribution is 9.10. The van der Waals surface area contributed by atoms with Crippen LogP contribution in [0.25, 0.3) is 0 Å². The molecule has 0 atom stereocenters. The molecule has 2 aromatic rings. The Morgan fingerprint density at radius 3 is 2.61 bits per heavy atom. The second-order valence-electron chi connectivity index (χ2n) is 4.70. The number of sulfonamides is 1. The number of benzene rings is 2. The minimum atomic E-state index is -3.61. The Morgan fingerprint density at radius 2 is 1.91 bits per heavy atom. The summed E-state index contributed by atoms with van der Waals surface area (Å²) in [6.07, 6.45) is 0. The van der Waals surface area contributed by atoms with Gasteiger partial charge in [-0.2, -0.15) is 0 Å². The van der Waals surface area contributed by atoms with E-state index in [1.807, 2.05) is 24.3 Å². The van der Waals surface area contributed by atoms with Gasteiger partial charge in [0, 0.05) is 16.6 Å². The second-order valence-corrected chi connectivity index (χ2v) is 7.32. The molecule has 0 radical (unpaired) electrons. The van der Waals surface area contributed by atoms with Gasteiger partial charge >= 0.3 is 5.97 Å². The summed E-state index contributed by atoms with van der Waals surface area (Å²) >= 11 is 3.38. The van der Waals surface area contributed by atoms with Gasteiger partial charge in [-0.1, -0.05) is 47.1 Å². The zero-order valence-corrected chi connectivity index (χ0v) is 14.9. The summed E-state index contributed by atoms with van der Waals surface area (Å²) in [4.78, 5) is 12.2. The van der Waals surface area contributed by atoms with Crippen molar-refractivity contribution in [1.29, 1.82) is 0 Å². The SMILES string of the molecule is CCNS(=O)(=O)c1cccc(C(=O)OCc2ccccc2Br)c1. The Labute approximate surface area is 143 Å². The molecule has 0 aliphatic rings. The van der Waals surface area contributed by atoms with Gasteiger partial charge in [0.1, 0.15) is 6.61 Å². The molecule has 7 heteroatoms. The molecular formula is C16H16BrNO4S. The predicted molar refractivity (Wildman–Crippen MR) is 90.6 cm³/mol. The summed E-state index contributed by atoms with van der Waals surface area (Å²) < 4.78 is 32.4. The van der Waals surface area contributed by atoms with Crippen molar-refractivity contribution in [2.45, 2.75) is 18.4 Å². The number of carbonyl (C=O) groups excluding carboxylic acids is 1. The lowest BCUT2D eigenvalue weighted by Gasteiger charge is -2.08. The van der Waals surface area contributed by atoms with Crippen molar-refractivity contribution in [2.75, 3.05) is 6.54 Å². The molecule has 122 valence electrons. The largest absolute Gasteiger partial charge is 0.457 e. The molecule has 2 aromatic carbocycles. The van der Waals surface area contributed by atoms with Crippen LogP contribution in [0.3, 0.4) is 0 Å². The molecule has 2 rings (SSSR count). The van der Waals surface area contributed by atoms with Gasteiger partial charge in [0.05, 0.1) is 10.5 Å². The molecule has 0 fully saturated rings. The van der Waals surface area contributed by atoms with Crippen molar-refractivity contribution in [2.24, 2.45) is 0 Å². The van der Waals surface area contributed by atoms with Gasteiger partial charge in [0.25, 0.3) is 0 Å². The van der Waals surface area contributed by atoms with Crippen LogP contribution in [0.5, 0.6) is 0 Å². The van der Waals surface area contributed by atoms with Crippen molar-refractivity contribution in [3.63, 3.8) is 0 Å². The van der Waals surface area contributed by atoms with E-state index >= 15 is 0 Å². The van der Waals surface area contributed by atoms with Crippen LogP contribution in [0.4, 0.5) is 0 Å². The highest BCUT2D eigenvalue weighted by Gasteiger charge is 2.16. The number of hydrogen-bond acceptors (Lipinski definition) is 4. The third-order valence-corrected chi connectivity index (χ3v) is 5.35. The predicted octanol–water partition coefficient (Wildman–Crippen LogP) is 3.10. The van der Waals surface area contributed by atoms with E-state index in [4.69, 9.17) is 4.74 Å². The number of halogens is 1. The van der Waals surface area contributed by atoms with Crippen LogP contribution < -0.4 is 4.72 Å². The maximum absolute atomic E-state index is 12.1. The van der Waals surface area contributed by atoms with Crippen LogP contribution in [0.2, 0.25) is 0 Å². The van der Waals surface area contributed by atoms with E-state index in [2.05, 4.69) is 20.7 Å². The van der Waals surface area contributed by atoms with E-state index < -0.39 is 16.0 Å². The summed E-state index contributed by atoms with van der Waals surface area (Å²) in [6.45, 7) is 2.07. The lowest BCUT2D eigenvalue weighted by atomic mass is 10.2. The molecule has 0 bridgehead atoms. The number of carbonyl (C=O) groups is 1. The zero-order valence-electron chi connectivity index (χ0n) is 12.5. The van der Waals surface area contributed by atoms with Crippen LogP contribution in [0, 0.1) is 0 Å². The molecule has 5 nitrogen and oxygen atoms in total. The summed E-state index contributed by atoms with van der Waals surface area (Å²) in [6, 6.07) is 13.2. The Kier molecular flexibility index (Phi) is 5.92. The fourth-order valence-corrected chi connectivity index (χ4v) is 3.39. The van der Waals surface area contributed by atoms with Gasteiger partial charge in [-0.3, -0.25) is 0 Å². The molecule has 0 heterocycles. The highest BCUT2D eigenvalue weighted by atomic mass is 79.9. The van der Waals surface area contributed by atoms with Gasteiger partial charge in [-0.25, -0.2) is 17.9 Å². The first kappa shape index (κ1) is 17.7. The lowest BCUT2D eigenvalue weighted by Crippen LogP contribution is -2.23. The molecule has 0 amide bonds. The lowest BCUT2D eigenvalue weighted by molar-refractivity contribution is 0.0471. The maximum Gasteiger partial charge on any atom is 0.338 e. The first-order valence-electron chi connectivity index (χ1n) is 6.94. The summed E-state index contributed by atoms with van der Waals surface area (Å²) in [5, 5.41) is 0. The molecule has 0 aromatic heterocycles. The summed E-state index contributed by atoms with van der Waals surface area (Å²) in [5.41, 5.74) is 1.02. The van der Waals surface area contributed by atoms with E-state index in [9.17, 15) is 13.2 Å². The first-order valence-corrected chi connectivity index (χ1v) is 9.22. The van der Waals surface area contributed by atoms with Gasteiger partial charge < -0.3 is 4.74 Å². The molecule has 0 saturated carbocycles. The van der Waals surface area contributed by atoms with E-state index in [1.54, 1.807) is 6.92 Å². The standard InChI is InChI=1S/C16H16BrNO4S/c1-2-18-23(20,21)14-8-5-7-12(10-14)16(19)22-11-13-6-3-4-9-15(13)17/h3-10,18H,2,11H2,1H3. The number of esters is 1. The van der Waals surface area contributed by atoms with E-state index in [0.717, 1.165) is 10.0 Å². The topological polar surface area (TPSA) is 72.5 Å². The number of rotatable bonds is 6. The molecule has 0 aliphatic carbocycles. The van der Waals surface area contributed by atoms with Crippen molar-refractivity contribution >= 4 is 31.9 Å². The van der Waals surface area contributed by atoms with Gasteiger partial charge in [0.15, 0.2) is 0 Å². The number of nitrogens with one attached hydrogen (secondary N) is 1. The third kappa shape index (κ3) is 4.63. The molecule has 0 saturated heterocycles. The normalized spacial score (nSPS) is 11.2. The van der Waals surface area contributed by atoms with Crippen LogP contribution in [-0.4, -0.2) is 20.9 Å². The third-order valence-electron chi connectivity index (χ3n) is 3.03. The number of hydrogen-bond donors (Lipinski definition) is 1.